The van der Waals surface area contributed by atoms with Crippen LogP contribution in [-0.4, -0.2) is 4.98 Å². The minimum Gasteiger partial charge on any atom is -0.252 e. The normalized spacial score (nSPS) is 13.8. The summed E-state index contributed by atoms with van der Waals surface area (Å²) in [6.07, 6.45) is 3.25. The zero-order valence-electron chi connectivity index (χ0n) is 9.21. The molecule has 0 unspecified atom stereocenters. The summed E-state index contributed by atoms with van der Waals surface area (Å²) >= 11 is 12.2. The fourth-order valence-electron chi connectivity index (χ4n) is 2.26. The molecule has 0 saturated heterocycles. The number of hydrogen-bond donors (Lipinski definition) is 0. The molecule has 1 nitrogen and oxygen atoms in total. The van der Waals surface area contributed by atoms with Crippen LogP contribution in [0.5, 0.6) is 0 Å². The minimum absolute atomic E-state index is 0.737. The summed E-state index contributed by atoms with van der Waals surface area (Å²) in [5.74, 6) is 0. The number of fused-ring (bicyclic) bond motifs is 1. The molecule has 0 saturated carbocycles. The van der Waals surface area contributed by atoms with E-state index in [0.29, 0.717) is 0 Å². The fourth-order valence-corrected chi connectivity index (χ4v) is 2.69. The first-order valence-electron chi connectivity index (χ1n) is 5.68. The second kappa shape index (κ2) is 4.32. The van der Waals surface area contributed by atoms with E-state index >= 15 is 0 Å². The maximum absolute atomic E-state index is 6.29. The number of aromatic nitrogens is 1. The van der Waals surface area contributed by atoms with Crippen molar-refractivity contribution in [1.29, 1.82) is 0 Å². The van der Waals surface area contributed by atoms with E-state index in [1.54, 1.807) is 0 Å². The number of rotatable bonds is 1. The van der Waals surface area contributed by atoms with Crippen molar-refractivity contribution in [1.82, 2.24) is 4.98 Å². The summed E-state index contributed by atoms with van der Waals surface area (Å²) in [5.41, 5.74) is 4.38. The van der Waals surface area contributed by atoms with Crippen LogP contribution in [0, 0.1) is 0 Å². The van der Waals surface area contributed by atoms with E-state index in [0.717, 1.165) is 46.3 Å². The molecule has 0 bridgehead atoms. The van der Waals surface area contributed by atoms with Gasteiger partial charge in [0.15, 0.2) is 0 Å². The largest absolute Gasteiger partial charge is 0.252 e. The van der Waals surface area contributed by atoms with Crippen LogP contribution in [0.4, 0.5) is 0 Å². The zero-order valence-corrected chi connectivity index (χ0v) is 10.7. The Hall–Kier alpha value is -1.05. The molecule has 0 fully saturated rings. The Bertz CT molecular complexity index is 561. The average Bonchev–Trinajstić information content (AvgIpc) is 2.78. The number of aryl methyl sites for hydroxylation is 1. The third kappa shape index (κ3) is 2.05. The first-order chi connectivity index (χ1) is 8.24. The smallest absolute Gasteiger partial charge is 0.0720 e. The van der Waals surface area contributed by atoms with Gasteiger partial charge in [-0.15, -0.1) is 0 Å². The molecule has 3 heteroatoms. The summed E-state index contributed by atoms with van der Waals surface area (Å²) in [4.78, 5) is 4.69. The molecule has 0 atom stereocenters. The number of pyridine rings is 1. The van der Waals surface area contributed by atoms with Crippen LogP contribution in [0.2, 0.25) is 10.0 Å². The third-order valence-corrected chi connectivity index (χ3v) is 3.73. The molecule has 1 aliphatic rings. The van der Waals surface area contributed by atoms with Crippen molar-refractivity contribution in [2.24, 2.45) is 0 Å². The molecule has 0 spiro atoms. The maximum atomic E-state index is 6.29. The Labute approximate surface area is 110 Å². The molecule has 2 aromatic rings. The van der Waals surface area contributed by atoms with Gasteiger partial charge in [-0.05, 0) is 43.0 Å². The summed E-state index contributed by atoms with van der Waals surface area (Å²) in [6.45, 7) is 0. The lowest BCUT2D eigenvalue weighted by atomic mass is 10.1. The Kier molecular flexibility index (Phi) is 2.81. The van der Waals surface area contributed by atoms with Crippen LogP contribution in [0.15, 0.2) is 30.3 Å². The molecule has 1 aliphatic carbocycles. The van der Waals surface area contributed by atoms with Crippen molar-refractivity contribution in [2.75, 3.05) is 0 Å². The Morgan fingerprint density at radius 2 is 1.76 bits per heavy atom. The molecule has 86 valence electrons. The molecule has 1 heterocycles. The molecule has 1 aromatic heterocycles. The highest BCUT2D eigenvalue weighted by Crippen LogP contribution is 2.31. The van der Waals surface area contributed by atoms with Crippen molar-refractivity contribution in [2.45, 2.75) is 19.3 Å². The van der Waals surface area contributed by atoms with Crippen LogP contribution in [0.1, 0.15) is 17.7 Å². The highest BCUT2D eigenvalue weighted by molar-refractivity contribution is 6.31. The van der Waals surface area contributed by atoms with Gasteiger partial charge in [0, 0.05) is 21.3 Å². The molecule has 0 aliphatic heterocycles. The molecular weight excluding hydrogens is 253 g/mol. The topological polar surface area (TPSA) is 12.9 Å². The van der Waals surface area contributed by atoms with Crippen LogP contribution in [0.25, 0.3) is 11.3 Å². The third-order valence-electron chi connectivity index (χ3n) is 3.14. The Balaban J connectivity index is 2.10. The number of nitrogens with zero attached hydrogens (tertiary/aromatic N) is 1. The van der Waals surface area contributed by atoms with Crippen molar-refractivity contribution < 1.29 is 0 Å². The highest BCUT2D eigenvalue weighted by Gasteiger charge is 2.17. The average molecular weight is 264 g/mol. The molecule has 1 aromatic carbocycles. The van der Waals surface area contributed by atoms with Gasteiger partial charge in [-0.2, -0.15) is 0 Å². The van der Waals surface area contributed by atoms with Gasteiger partial charge in [0.05, 0.1) is 5.69 Å². The first kappa shape index (κ1) is 11.1. The zero-order chi connectivity index (χ0) is 11.8. The van der Waals surface area contributed by atoms with Gasteiger partial charge < -0.3 is 0 Å². The van der Waals surface area contributed by atoms with Crippen LogP contribution in [0.3, 0.4) is 0 Å². The standard InChI is InChI=1S/C14H11Cl2N/c15-10-6-4-9(5-7-10)14-8-12(16)11-2-1-3-13(11)17-14/h4-8H,1-3H2. The van der Waals surface area contributed by atoms with Crippen molar-refractivity contribution in [3.63, 3.8) is 0 Å². The Morgan fingerprint density at radius 1 is 1.00 bits per heavy atom. The van der Waals surface area contributed by atoms with E-state index in [4.69, 9.17) is 23.2 Å². The van der Waals surface area contributed by atoms with Crippen LogP contribution < -0.4 is 0 Å². The minimum atomic E-state index is 0.737. The van der Waals surface area contributed by atoms with E-state index in [1.165, 1.54) is 5.56 Å². The lowest BCUT2D eigenvalue weighted by Crippen LogP contribution is -1.92. The second-order valence-electron chi connectivity index (χ2n) is 4.28. The van der Waals surface area contributed by atoms with Crippen molar-refractivity contribution in [3.05, 3.63) is 51.6 Å². The molecular formula is C14H11Cl2N. The van der Waals surface area contributed by atoms with E-state index in [9.17, 15) is 0 Å². The quantitative estimate of drug-likeness (QED) is 0.736. The van der Waals surface area contributed by atoms with E-state index in [2.05, 4.69) is 4.98 Å². The van der Waals surface area contributed by atoms with Gasteiger partial charge in [0.1, 0.15) is 0 Å². The number of benzene rings is 1. The monoisotopic (exact) mass is 263 g/mol. The molecule has 0 amide bonds. The summed E-state index contributed by atoms with van der Waals surface area (Å²) in [5, 5.41) is 1.58. The summed E-state index contributed by atoms with van der Waals surface area (Å²) < 4.78 is 0. The predicted octanol–water partition coefficient (Wildman–Crippen LogP) is 4.54. The molecule has 0 radical (unpaired) electrons. The summed E-state index contributed by atoms with van der Waals surface area (Å²) in [6, 6.07) is 9.65. The first-order valence-corrected chi connectivity index (χ1v) is 6.44. The van der Waals surface area contributed by atoms with Gasteiger partial charge in [0.25, 0.3) is 0 Å². The molecule has 3 rings (SSSR count). The maximum Gasteiger partial charge on any atom is 0.0720 e. The lowest BCUT2D eigenvalue weighted by Gasteiger charge is -2.06. The number of halogens is 2. The van der Waals surface area contributed by atoms with Crippen molar-refractivity contribution >= 4 is 23.2 Å². The van der Waals surface area contributed by atoms with E-state index < -0.39 is 0 Å². The van der Waals surface area contributed by atoms with Crippen LogP contribution >= 0.6 is 23.2 Å². The Morgan fingerprint density at radius 3 is 2.53 bits per heavy atom. The van der Waals surface area contributed by atoms with E-state index in [1.807, 2.05) is 30.3 Å². The van der Waals surface area contributed by atoms with Gasteiger partial charge >= 0.3 is 0 Å². The van der Waals surface area contributed by atoms with Crippen LogP contribution in [-0.2, 0) is 12.8 Å². The molecule has 0 N–H and O–H groups in total. The van der Waals surface area contributed by atoms with Crippen molar-refractivity contribution in [3.8, 4) is 11.3 Å². The number of hydrogen-bond acceptors (Lipinski definition) is 1. The van der Waals surface area contributed by atoms with Gasteiger partial charge in [-0.3, -0.25) is 4.98 Å². The fraction of sp³-hybridized carbons (Fsp3) is 0.214. The van der Waals surface area contributed by atoms with Gasteiger partial charge in [-0.25, -0.2) is 0 Å². The highest BCUT2D eigenvalue weighted by atomic mass is 35.5. The lowest BCUT2D eigenvalue weighted by molar-refractivity contribution is 0.900. The summed E-state index contributed by atoms with van der Waals surface area (Å²) in [7, 11) is 0. The SMILES string of the molecule is Clc1ccc(-c2cc(Cl)c3c(n2)CCC3)cc1. The van der Waals surface area contributed by atoms with E-state index in [-0.39, 0.29) is 0 Å². The molecule has 17 heavy (non-hydrogen) atoms. The second-order valence-corrected chi connectivity index (χ2v) is 5.12. The van der Waals surface area contributed by atoms with Gasteiger partial charge in [0.2, 0.25) is 0 Å². The predicted molar refractivity (Wildman–Crippen MR) is 71.7 cm³/mol. The van der Waals surface area contributed by atoms with Gasteiger partial charge in [-0.1, -0.05) is 35.3 Å².